The number of benzene rings is 2. The first-order valence-electron chi connectivity index (χ1n) is 7.50. The summed E-state index contributed by atoms with van der Waals surface area (Å²) in [4.78, 5) is 4.36. The first kappa shape index (κ1) is 17.3. The predicted molar refractivity (Wildman–Crippen MR) is 94.2 cm³/mol. The Labute approximate surface area is 148 Å². The summed E-state index contributed by atoms with van der Waals surface area (Å²) < 4.78 is 40.4. The molecule has 1 heterocycles. The number of hydrogen-bond acceptors (Lipinski definition) is 1. The van der Waals surface area contributed by atoms with E-state index in [9.17, 15) is 13.2 Å². The highest BCUT2D eigenvalue weighted by molar-refractivity contribution is 6.31. The monoisotopic (exact) mass is 362 g/mol. The number of alkyl halides is 3. The van der Waals surface area contributed by atoms with E-state index in [1.54, 1.807) is 41.2 Å². The molecule has 6 heteroatoms. The molecular formula is C19H14ClF3N2. The fraction of sp³-hybridized carbons (Fsp3) is 0.105. The topological polar surface area (TPSA) is 17.3 Å². The van der Waals surface area contributed by atoms with Crippen LogP contribution in [-0.4, -0.2) is 10.8 Å². The van der Waals surface area contributed by atoms with Gasteiger partial charge in [-0.3, -0.25) is 4.99 Å². The summed E-state index contributed by atoms with van der Waals surface area (Å²) in [5.74, 6) is 0. The van der Waals surface area contributed by atoms with Crippen LogP contribution in [-0.2, 0) is 6.18 Å². The minimum absolute atomic E-state index is 0.420. The van der Waals surface area contributed by atoms with Crippen molar-refractivity contribution in [1.82, 2.24) is 4.57 Å². The lowest BCUT2D eigenvalue weighted by Crippen LogP contribution is -2.06. The van der Waals surface area contributed by atoms with E-state index >= 15 is 0 Å². The van der Waals surface area contributed by atoms with Gasteiger partial charge in [0.25, 0.3) is 0 Å². The van der Waals surface area contributed by atoms with Crippen molar-refractivity contribution in [2.24, 2.45) is 4.99 Å². The molecule has 0 fully saturated rings. The van der Waals surface area contributed by atoms with Gasteiger partial charge in [-0.1, -0.05) is 23.7 Å². The number of aryl methyl sites for hydroxylation is 1. The smallest absolute Gasteiger partial charge is 0.316 e. The van der Waals surface area contributed by atoms with Crippen LogP contribution in [0.5, 0.6) is 0 Å². The Kier molecular flexibility index (Phi) is 4.68. The Morgan fingerprint density at radius 2 is 1.84 bits per heavy atom. The summed E-state index contributed by atoms with van der Waals surface area (Å²) >= 11 is 6.08. The van der Waals surface area contributed by atoms with Gasteiger partial charge in [0.05, 0.1) is 23.2 Å². The molecule has 3 aromatic rings. The molecule has 0 radical (unpaired) electrons. The molecule has 0 atom stereocenters. The molecule has 0 bridgehead atoms. The minimum Gasteiger partial charge on any atom is -0.316 e. The fourth-order valence-electron chi connectivity index (χ4n) is 2.37. The van der Waals surface area contributed by atoms with Gasteiger partial charge in [-0.15, -0.1) is 0 Å². The average Bonchev–Trinajstić information content (AvgIpc) is 3.04. The van der Waals surface area contributed by atoms with Crippen molar-refractivity contribution < 1.29 is 13.2 Å². The van der Waals surface area contributed by atoms with Crippen LogP contribution in [0.4, 0.5) is 18.9 Å². The summed E-state index contributed by atoms with van der Waals surface area (Å²) in [5, 5.41) is 0.614. The standard InChI is InChI=1S/C19H14ClF3N2/c1-13-7-8-15(11-18(13)20)24-12-17-6-3-9-25(17)16-5-2-4-14(10-16)19(21,22)23/h2-12H,1H3. The van der Waals surface area contributed by atoms with Gasteiger partial charge in [-0.2, -0.15) is 13.2 Å². The molecule has 0 saturated carbocycles. The number of nitrogens with zero attached hydrogens (tertiary/aromatic N) is 2. The van der Waals surface area contributed by atoms with Crippen molar-refractivity contribution in [2.45, 2.75) is 13.1 Å². The van der Waals surface area contributed by atoms with Crippen LogP contribution in [0.15, 0.2) is 65.8 Å². The third-order valence-corrected chi connectivity index (χ3v) is 4.14. The van der Waals surface area contributed by atoms with Gasteiger partial charge in [0.15, 0.2) is 0 Å². The predicted octanol–water partition coefficient (Wildman–Crippen LogP) is 6.21. The third-order valence-electron chi connectivity index (χ3n) is 3.73. The molecule has 0 aliphatic rings. The molecule has 0 saturated heterocycles. The van der Waals surface area contributed by atoms with Gasteiger partial charge < -0.3 is 4.57 Å². The highest BCUT2D eigenvalue weighted by Crippen LogP contribution is 2.30. The third kappa shape index (κ3) is 3.94. The second kappa shape index (κ2) is 6.76. The molecule has 0 spiro atoms. The molecular weight excluding hydrogens is 349 g/mol. The SMILES string of the molecule is Cc1ccc(N=Cc2cccn2-c2cccc(C(F)(F)F)c2)cc1Cl. The molecule has 0 unspecified atom stereocenters. The van der Waals surface area contributed by atoms with Crippen LogP contribution < -0.4 is 0 Å². The van der Waals surface area contributed by atoms with Gasteiger partial charge in [0, 0.05) is 16.9 Å². The quantitative estimate of drug-likeness (QED) is 0.493. The Morgan fingerprint density at radius 1 is 1.04 bits per heavy atom. The fourth-order valence-corrected chi connectivity index (χ4v) is 2.54. The van der Waals surface area contributed by atoms with Crippen LogP contribution in [0.2, 0.25) is 5.02 Å². The van der Waals surface area contributed by atoms with E-state index in [1.165, 1.54) is 6.07 Å². The van der Waals surface area contributed by atoms with E-state index in [2.05, 4.69) is 4.99 Å². The zero-order valence-electron chi connectivity index (χ0n) is 13.3. The van der Waals surface area contributed by atoms with Crippen molar-refractivity contribution in [3.63, 3.8) is 0 Å². The van der Waals surface area contributed by atoms with Crippen molar-refractivity contribution in [3.05, 3.63) is 82.6 Å². The Morgan fingerprint density at radius 3 is 2.56 bits per heavy atom. The number of rotatable bonds is 3. The Bertz CT molecular complexity index is 926. The van der Waals surface area contributed by atoms with Gasteiger partial charge in [-0.25, -0.2) is 0 Å². The summed E-state index contributed by atoms with van der Waals surface area (Å²) in [6.07, 6.45) is -1.09. The molecule has 0 N–H and O–H groups in total. The largest absolute Gasteiger partial charge is 0.416 e. The average molecular weight is 363 g/mol. The first-order valence-corrected chi connectivity index (χ1v) is 7.87. The van der Waals surface area contributed by atoms with Gasteiger partial charge in [0.2, 0.25) is 0 Å². The summed E-state index contributed by atoms with van der Waals surface area (Å²) in [7, 11) is 0. The van der Waals surface area contributed by atoms with Crippen molar-refractivity contribution in [1.29, 1.82) is 0 Å². The maximum atomic E-state index is 12.9. The normalized spacial score (nSPS) is 12.0. The lowest BCUT2D eigenvalue weighted by Gasteiger charge is -2.11. The zero-order chi connectivity index (χ0) is 18.0. The molecule has 0 aliphatic heterocycles. The summed E-state index contributed by atoms with van der Waals surface area (Å²) in [6, 6.07) is 14.1. The lowest BCUT2D eigenvalue weighted by molar-refractivity contribution is -0.137. The van der Waals surface area contributed by atoms with E-state index in [0.29, 0.717) is 22.1 Å². The summed E-state index contributed by atoms with van der Waals surface area (Å²) in [5.41, 5.74) is 2.02. The van der Waals surface area contributed by atoms with E-state index < -0.39 is 11.7 Å². The van der Waals surface area contributed by atoms with Crippen LogP contribution in [0.25, 0.3) is 5.69 Å². The van der Waals surface area contributed by atoms with Gasteiger partial charge >= 0.3 is 6.18 Å². The van der Waals surface area contributed by atoms with E-state index in [1.807, 2.05) is 19.1 Å². The van der Waals surface area contributed by atoms with Crippen LogP contribution >= 0.6 is 11.6 Å². The molecule has 128 valence electrons. The number of aliphatic imine (C=N–C) groups is 1. The number of hydrogen-bond donors (Lipinski definition) is 0. The maximum Gasteiger partial charge on any atom is 0.416 e. The zero-order valence-corrected chi connectivity index (χ0v) is 14.0. The van der Waals surface area contributed by atoms with Gasteiger partial charge in [0.1, 0.15) is 0 Å². The minimum atomic E-state index is -4.38. The Hall–Kier alpha value is -2.53. The lowest BCUT2D eigenvalue weighted by atomic mass is 10.2. The molecule has 0 aliphatic carbocycles. The van der Waals surface area contributed by atoms with Crippen LogP contribution in [0.1, 0.15) is 16.8 Å². The highest BCUT2D eigenvalue weighted by Gasteiger charge is 2.30. The van der Waals surface area contributed by atoms with E-state index in [0.717, 1.165) is 17.7 Å². The molecule has 2 aromatic carbocycles. The molecule has 1 aromatic heterocycles. The van der Waals surface area contributed by atoms with E-state index in [-0.39, 0.29) is 0 Å². The molecule has 0 amide bonds. The Balaban J connectivity index is 1.93. The molecule has 3 rings (SSSR count). The maximum absolute atomic E-state index is 12.9. The molecule has 25 heavy (non-hydrogen) atoms. The number of aromatic nitrogens is 1. The second-order valence-corrected chi connectivity index (χ2v) is 5.95. The number of halogens is 4. The van der Waals surface area contributed by atoms with Gasteiger partial charge in [-0.05, 0) is 55.0 Å². The van der Waals surface area contributed by atoms with Crippen molar-refractivity contribution in [2.75, 3.05) is 0 Å². The molecule has 2 nitrogen and oxygen atoms in total. The highest BCUT2D eigenvalue weighted by atomic mass is 35.5. The van der Waals surface area contributed by atoms with Crippen molar-refractivity contribution in [3.8, 4) is 5.69 Å². The first-order chi connectivity index (χ1) is 11.8. The van der Waals surface area contributed by atoms with Crippen molar-refractivity contribution >= 4 is 23.5 Å². The second-order valence-electron chi connectivity index (χ2n) is 5.54. The van der Waals surface area contributed by atoms with E-state index in [4.69, 9.17) is 11.6 Å². The van der Waals surface area contributed by atoms with Crippen LogP contribution in [0, 0.1) is 6.92 Å². The summed E-state index contributed by atoms with van der Waals surface area (Å²) in [6.45, 7) is 1.90. The van der Waals surface area contributed by atoms with Crippen LogP contribution in [0.3, 0.4) is 0 Å².